The van der Waals surface area contributed by atoms with E-state index in [0.717, 1.165) is 4.57 Å². The first-order valence-electron chi connectivity index (χ1n) is 8.16. The predicted octanol–water partition coefficient (Wildman–Crippen LogP) is 2.93. The van der Waals surface area contributed by atoms with Gasteiger partial charge in [-0.3, -0.25) is 4.79 Å². The van der Waals surface area contributed by atoms with Crippen LogP contribution in [0.3, 0.4) is 0 Å². The number of ether oxygens (including phenoxy) is 2. The Balaban J connectivity index is 1.49. The first-order chi connectivity index (χ1) is 13.4. The van der Waals surface area contributed by atoms with E-state index in [1.165, 1.54) is 18.3 Å². The number of alkyl halides is 3. The number of imidazole rings is 1. The van der Waals surface area contributed by atoms with Gasteiger partial charge in [-0.2, -0.15) is 18.3 Å². The molecule has 0 unspecified atom stereocenters. The van der Waals surface area contributed by atoms with Crippen molar-refractivity contribution in [1.82, 2.24) is 15.0 Å². The van der Waals surface area contributed by atoms with Crippen molar-refractivity contribution in [3.63, 3.8) is 0 Å². The van der Waals surface area contributed by atoms with Gasteiger partial charge in [0, 0.05) is 0 Å². The molecule has 0 spiro atoms. The second kappa shape index (κ2) is 6.87. The van der Waals surface area contributed by atoms with Crippen molar-refractivity contribution >= 4 is 23.2 Å². The van der Waals surface area contributed by atoms with Crippen molar-refractivity contribution in [2.24, 2.45) is 5.10 Å². The molecule has 0 fully saturated rings. The Labute approximate surface area is 156 Å². The molecule has 144 valence electrons. The Kier molecular flexibility index (Phi) is 4.38. The van der Waals surface area contributed by atoms with Crippen LogP contribution < -0.4 is 14.9 Å². The lowest BCUT2D eigenvalue weighted by Gasteiger charge is -2.10. The maximum atomic E-state index is 13.3. The zero-order chi connectivity index (χ0) is 19.7. The third kappa shape index (κ3) is 3.48. The standard InChI is InChI=1S/C18H13F3N4O3/c19-18(20,21)17-23-12-3-1-2-4-13(12)25(17)9-16(26)24-22-8-11-5-6-14-15(7-11)28-10-27-14/h1-8H,9-10H2,(H,24,26)/b22-8+. The Morgan fingerprint density at radius 3 is 2.82 bits per heavy atom. The van der Waals surface area contributed by atoms with E-state index < -0.39 is 24.5 Å². The highest BCUT2D eigenvalue weighted by molar-refractivity contribution is 5.84. The molecule has 0 saturated carbocycles. The first-order valence-corrected chi connectivity index (χ1v) is 8.16. The summed E-state index contributed by atoms with van der Waals surface area (Å²) in [6.45, 7) is -0.444. The number of hydrogen-bond donors (Lipinski definition) is 1. The highest BCUT2D eigenvalue weighted by Gasteiger charge is 2.37. The monoisotopic (exact) mass is 390 g/mol. The van der Waals surface area contributed by atoms with Crippen LogP contribution in [0.25, 0.3) is 11.0 Å². The van der Waals surface area contributed by atoms with Gasteiger partial charge in [0.05, 0.1) is 17.2 Å². The average Bonchev–Trinajstić information content (AvgIpc) is 3.26. The van der Waals surface area contributed by atoms with Crippen molar-refractivity contribution in [3.8, 4) is 11.5 Å². The summed E-state index contributed by atoms with van der Waals surface area (Å²) >= 11 is 0. The molecule has 0 atom stereocenters. The number of nitrogens with zero attached hydrogens (tertiary/aromatic N) is 3. The largest absolute Gasteiger partial charge is 0.454 e. The van der Waals surface area contributed by atoms with Crippen molar-refractivity contribution in [2.75, 3.05) is 6.79 Å². The topological polar surface area (TPSA) is 77.7 Å². The van der Waals surface area contributed by atoms with Crippen LogP contribution in [0.1, 0.15) is 11.4 Å². The minimum atomic E-state index is -4.69. The predicted molar refractivity (Wildman–Crippen MR) is 93.0 cm³/mol. The summed E-state index contributed by atoms with van der Waals surface area (Å²) in [6.07, 6.45) is -3.33. The second-order valence-electron chi connectivity index (χ2n) is 5.91. The minimum absolute atomic E-state index is 0.132. The summed E-state index contributed by atoms with van der Waals surface area (Å²) < 4.78 is 51.0. The third-order valence-corrected chi connectivity index (χ3v) is 4.01. The molecular formula is C18H13F3N4O3. The van der Waals surface area contributed by atoms with E-state index in [1.807, 2.05) is 0 Å². The molecule has 28 heavy (non-hydrogen) atoms. The number of amides is 1. The van der Waals surface area contributed by atoms with Gasteiger partial charge in [-0.05, 0) is 35.9 Å². The summed E-state index contributed by atoms with van der Waals surface area (Å²) in [5, 5.41) is 3.78. The lowest BCUT2D eigenvalue weighted by atomic mass is 10.2. The molecule has 0 bridgehead atoms. The van der Waals surface area contributed by atoms with E-state index in [4.69, 9.17) is 9.47 Å². The number of benzene rings is 2. The molecule has 1 N–H and O–H groups in total. The van der Waals surface area contributed by atoms with Gasteiger partial charge in [-0.1, -0.05) is 12.1 Å². The van der Waals surface area contributed by atoms with Gasteiger partial charge < -0.3 is 14.0 Å². The van der Waals surface area contributed by atoms with E-state index >= 15 is 0 Å². The van der Waals surface area contributed by atoms with Crippen LogP contribution in [0, 0.1) is 0 Å². The molecule has 7 nitrogen and oxygen atoms in total. The molecule has 0 saturated heterocycles. The lowest BCUT2D eigenvalue weighted by Crippen LogP contribution is -2.26. The highest BCUT2D eigenvalue weighted by atomic mass is 19.4. The molecule has 1 aromatic heterocycles. The number of carbonyl (C=O) groups is 1. The fourth-order valence-corrected chi connectivity index (χ4v) is 2.80. The molecule has 10 heteroatoms. The minimum Gasteiger partial charge on any atom is -0.454 e. The maximum absolute atomic E-state index is 13.3. The number of nitrogens with one attached hydrogen (secondary N) is 1. The third-order valence-electron chi connectivity index (χ3n) is 4.01. The van der Waals surface area contributed by atoms with Gasteiger partial charge in [0.2, 0.25) is 12.6 Å². The number of halogens is 3. The summed E-state index contributed by atoms with van der Waals surface area (Å²) in [6, 6.07) is 11.2. The molecule has 2 heterocycles. The number of carbonyl (C=O) groups excluding carboxylic acids is 1. The SMILES string of the molecule is O=C(Cn1c(C(F)(F)F)nc2ccccc21)N/N=C/c1ccc2c(c1)OCO2. The van der Waals surface area contributed by atoms with Gasteiger partial charge in [-0.15, -0.1) is 0 Å². The van der Waals surface area contributed by atoms with Crippen molar-refractivity contribution in [1.29, 1.82) is 0 Å². The molecule has 0 radical (unpaired) electrons. The second-order valence-corrected chi connectivity index (χ2v) is 5.91. The highest BCUT2D eigenvalue weighted by Crippen LogP contribution is 2.32. The molecule has 4 rings (SSSR count). The molecule has 2 aromatic carbocycles. The number of para-hydroxylation sites is 2. The van der Waals surface area contributed by atoms with Gasteiger partial charge >= 0.3 is 6.18 Å². The summed E-state index contributed by atoms with van der Waals surface area (Å²) in [5.74, 6) is -0.697. The smallest absolute Gasteiger partial charge is 0.449 e. The van der Waals surface area contributed by atoms with E-state index in [2.05, 4.69) is 15.5 Å². The zero-order valence-corrected chi connectivity index (χ0v) is 14.2. The summed E-state index contributed by atoms with van der Waals surface area (Å²) in [4.78, 5) is 15.7. The Bertz CT molecular complexity index is 1080. The first kappa shape index (κ1) is 17.8. The molecular weight excluding hydrogens is 377 g/mol. The van der Waals surface area contributed by atoms with Crippen LogP contribution in [0.4, 0.5) is 13.2 Å². The average molecular weight is 390 g/mol. The fraction of sp³-hybridized carbons (Fsp3) is 0.167. The van der Waals surface area contributed by atoms with Gasteiger partial charge in [0.25, 0.3) is 5.91 Å². The van der Waals surface area contributed by atoms with Crippen molar-refractivity contribution in [2.45, 2.75) is 12.7 Å². The van der Waals surface area contributed by atoms with Crippen LogP contribution in [-0.4, -0.2) is 28.5 Å². The number of aromatic nitrogens is 2. The van der Waals surface area contributed by atoms with Crippen LogP contribution in [0.2, 0.25) is 0 Å². The van der Waals surface area contributed by atoms with Crippen LogP contribution in [-0.2, 0) is 17.5 Å². The molecule has 1 aliphatic heterocycles. The molecule has 0 aliphatic carbocycles. The quantitative estimate of drug-likeness (QED) is 0.549. The van der Waals surface area contributed by atoms with E-state index in [0.29, 0.717) is 17.1 Å². The molecule has 3 aromatic rings. The van der Waals surface area contributed by atoms with Gasteiger partial charge in [0.1, 0.15) is 6.54 Å². The molecule has 1 amide bonds. The van der Waals surface area contributed by atoms with E-state index in [1.54, 1.807) is 30.3 Å². The van der Waals surface area contributed by atoms with E-state index in [-0.39, 0.29) is 17.8 Å². The van der Waals surface area contributed by atoms with Crippen molar-refractivity contribution < 1.29 is 27.4 Å². The van der Waals surface area contributed by atoms with Gasteiger partial charge in [0.15, 0.2) is 11.5 Å². The maximum Gasteiger partial charge on any atom is 0.449 e. The Morgan fingerprint density at radius 1 is 1.21 bits per heavy atom. The fourth-order valence-electron chi connectivity index (χ4n) is 2.80. The number of fused-ring (bicyclic) bond motifs is 2. The van der Waals surface area contributed by atoms with Crippen LogP contribution in [0.15, 0.2) is 47.6 Å². The zero-order valence-electron chi connectivity index (χ0n) is 14.2. The van der Waals surface area contributed by atoms with Crippen molar-refractivity contribution in [3.05, 3.63) is 53.9 Å². The summed E-state index contributed by atoms with van der Waals surface area (Å²) in [5.41, 5.74) is 3.23. The lowest BCUT2D eigenvalue weighted by molar-refractivity contribution is -0.147. The van der Waals surface area contributed by atoms with Gasteiger partial charge in [-0.25, -0.2) is 10.4 Å². The van der Waals surface area contributed by atoms with Crippen LogP contribution >= 0.6 is 0 Å². The molecule has 1 aliphatic rings. The summed E-state index contributed by atoms with van der Waals surface area (Å²) in [7, 11) is 0. The normalized spacial score (nSPS) is 13.4. The van der Waals surface area contributed by atoms with Crippen LogP contribution in [0.5, 0.6) is 11.5 Å². The van der Waals surface area contributed by atoms with E-state index in [9.17, 15) is 18.0 Å². The Hall–Kier alpha value is -3.56. The Morgan fingerprint density at radius 2 is 2.00 bits per heavy atom. The number of hydrazone groups is 1. The number of rotatable bonds is 4. The number of hydrogen-bond acceptors (Lipinski definition) is 5.